The van der Waals surface area contributed by atoms with Crippen LogP contribution < -0.4 is 4.90 Å². The second-order valence-electron chi connectivity index (χ2n) is 4.37. The molecule has 1 fully saturated rings. The molecular weight excluding hydrogens is 234 g/mol. The SMILES string of the molecule is OCC1COCCN(c2ncnc3nc[nH]c23)C1. The molecule has 96 valence electrons. The Morgan fingerprint density at radius 1 is 1.44 bits per heavy atom. The summed E-state index contributed by atoms with van der Waals surface area (Å²) in [6, 6.07) is 0. The number of aliphatic hydroxyl groups excluding tert-OH is 1. The summed E-state index contributed by atoms with van der Waals surface area (Å²) in [5, 5.41) is 9.29. The van der Waals surface area contributed by atoms with Crippen LogP contribution in [0, 0.1) is 5.92 Å². The third-order valence-corrected chi connectivity index (χ3v) is 3.10. The Morgan fingerprint density at radius 2 is 2.39 bits per heavy atom. The number of aromatic nitrogens is 4. The van der Waals surface area contributed by atoms with Gasteiger partial charge in [0, 0.05) is 25.6 Å². The van der Waals surface area contributed by atoms with Gasteiger partial charge in [0.1, 0.15) is 11.8 Å². The van der Waals surface area contributed by atoms with Crippen LogP contribution in [0.25, 0.3) is 11.2 Å². The van der Waals surface area contributed by atoms with Gasteiger partial charge in [-0.05, 0) is 0 Å². The van der Waals surface area contributed by atoms with Crippen molar-refractivity contribution in [3.05, 3.63) is 12.7 Å². The van der Waals surface area contributed by atoms with E-state index in [1.165, 1.54) is 6.33 Å². The Morgan fingerprint density at radius 3 is 3.28 bits per heavy atom. The summed E-state index contributed by atoms with van der Waals surface area (Å²) >= 11 is 0. The van der Waals surface area contributed by atoms with Crippen molar-refractivity contribution >= 4 is 17.0 Å². The van der Waals surface area contributed by atoms with Crippen LogP contribution in [0.3, 0.4) is 0 Å². The first-order valence-corrected chi connectivity index (χ1v) is 5.96. The van der Waals surface area contributed by atoms with Crippen LogP contribution in [0.1, 0.15) is 0 Å². The first-order chi connectivity index (χ1) is 8.88. The third kappa shape index (κ3) is 2.02. The lowest BCUT2D eigenvalue weighted by molar-refractivity contribution is 0.0959. The van der Waals surface area contributed by atoms with Gasteiger partial charge >= 0.3 is 0 Å². The number of anilines is 1. The van der Waals surface area contributed by atoms with Gasteiger partial charge in [-0.1, -0.05) is 0 Å². The van der Waals surface area contributed by atoms with E-state index in [0.29, 0.717) is 18.9 Å². The number of aliphatic hydroxyl groups is 1. The molecule has 0 spiro atoms. The van der Waals surface area contributed by atoms with Crippen molar-refractivity contribution in [2.24, 2.45) is 5.92 Å². The Balaban J connectivity index is 1.94. The molecule has 0 amide bonds. The van der Waals surface area contributed by atoms with E-state index in [1.807, 2.05) is 0 Å². The van der Waals surface area contributed by atoms with Crippen LogP contribution in [0.15, 0.2) is 12.7 Å². The number of imidazole rings is 1. The largest absolute Gasteiger partial charge is 0.396 e. The summed E-state index contributed by atoms with van der Waals surface area (Å²) in [4.78, 5) is 17.7. The topological polar surface area (TPSA) is 87.2 Å². The highest BCUT2D eigenvalue weighted by Gasteiger charge is 2.21. The smallest absolute Gasteiger partial charge is 0.182 e. The predicted octanol–water partition coefficient (Wildman–Crippen LogP) is -0.202. The van der Waals surface area contributed by atoms with Gasteiger partial charge in [0.25, 0.3) is 0 Å². The van der Waals surface area contributed by atoms with Crippen molar-refractivity contribution < 1.29 is 9.84 Å². The highest BCUT2D eigenvalue weighted by atomic mass is 16.5. The van der Waals surface area contributed by atoms with Gasteiger partial charge in [-0.15, -0.1) is 0 Å². The summed E-state index contributed by atoms with van der Waals surface area (Å²) in [5.41, 5.74) is 1.49. The maximum Gasteiger partial charge on any atom is 0.182 e. The molecule has 3 rings (SSSR count). The van der Waals surface area contributed by atoms with Crippen molar-refractivity contribution in [3.63, 3.8) is 0 Å². The number of fused-ring (bicyclic) bond motifs is 1. The average Bonchev–Trinajstić information content (AvgIpc) is 2.75. The van der Waals surface area contributed by atoms with Crippen molar-refractivity contribution in [2.75, 3.05) is 37.8 Å². The number of ether oxygens (including phenoxy) is 1. The van der Waals surface area contributed by atoms with Crippen molar-refractivity contribution in [1.82, 2.24) is 19.9 Å². The second kappa shape index (κ2) is 4.87. The zero-order valence-corrected chi connectivity index (χ0v) is 9.91. The molecule has 18 heavy (non-hydrogen) atoms. The van der Waals surface area contributed by atoms with Crippen molar-refractivity contribution in [2.45, 2.75) is 0 Å². The molecular formula is C11H15N5O2. The Hall–Kier alpha value is -1.73. The summed E-state index contributed by atoms with van der Waals surface area (Å²) in [7, 11) is 0. The quantitative estimate of drug-likeness (QED) is 0.766. The zero-order chi connectivity index (χ0) is 12.4. The molecule has 1 atom stereocenters. The lowest BCUT2D eigenvalue weighted by atomic mass is 10.1. The fourth-order valence-electron chi connectivity index (χ4n) is 2.18. The van der Waals surface area contributed by atoms with Gasteiger partial charge < -0.3 is 19.7 Å². The lowest BCUT2D eigenvalue weighted by Gasteiger charge is -2.23. The number of aromatic amines is 1. The van der Waals surface area contributed by atoms with Crippen LogP contribution in [-0.4, -0.2) is 58.0 Å². The second-order valence-corrected chi connectivity index (χ2v) is 4.37. The fourth-order valence-corrected chi connectivity index (χ4v) is 2.18. The maximum atomic E-state index is 9.29. The van der Waals surface area contributed by atoms with Gasteiger partial charge in [0.05, 0.1) is 19.5 Å². The van der Waals surface area contributed by atoms with E-state index in [9.17, 15) is 5.11 Å². The van der Waals surface area contributed by atoms with Gasteiger partial charge in [-0.25, -0.2) is 15.0 Å². The molecule has 2 aromatic rings. The fraction of sp³-hybridized carbons (Fsp3) is 0.545. The first-order valence-electron chi connectivity index (χ1n) is 5.96. The van der Waals surface area contributed by atoms with Crippen LogP contribution in [0.5, 0.6) is 0 Å². The van der Waals surface area contributed by atoms with E-state index in [1.54, 1.807) is 6.33 Å². The minimum absolute atomic E-state index is 0.112. The van der Waals surface area contributed by atoms with E-state index < -0.39 is 0 Å². The third-order valence-electron chi connectivity index (χ3n) is 3.10. The summed E-state index contributed by atoms with van der Waals surface area (Å²) in [5.74, 6) is 0.932. The van der Waals surface area contributed by atoms with E-state index in [2.05, 4.69) is 24.8 Å². The van der Waals surface area contributed by atoms with Gasteiger partial charge in [0.2, 0.25) is 0 Å². The van der Waals surface area contributed by atoms with Crippen LogP contribution in [0.2, 0.25) is 0 Å². The Labute approximate surface area is 104 Å². The van der Waals surface area contributed by atoms with Crippen LogP contribution in [0.4, 0.5) is 5.82 Å². The molecule has 0 aromatic carbocycles. The number of hydrogen-bond acceptors (Lipinski definition) is 6. The average molecular weight is 249 g/mol. The highest BCUT2D eigenvalue weighted by Crippen LogP contribution is 2.21. The zero-order valence-electron chi connectivity index (χ0n) is 9.91. The number of H-pyrrole nitrogens is 1. The number of rotatable bonds is 2. The number of nitrogens with one attached hydrogen (secondary N) is 1. The Kier molecular flexibility index (Phi) is 3.07. The normalized spacial score (nSPS) is 21.2. The van der Waals surface area contributed by atoms with Gasteiger partial charge in [-0.2, -0.15) is 0 Å². The molecule has 1 unspecified atom stereocenters. The first kappa shape index (κ1) is 11.4. The van der Waals surface area contributed by atoms with Crippen LogP contribution in [-0.2, 0) is 4.74 Å². The highest BCUT2D eigenvalue weighted by molar-refractivity contribution is 5.82. The molecule has 2 aromatic heterocycles. The molecule has 0 saturated carbocycles. The molecule has 7 heteroatoms. The number of hydrogen-bond donors (Lipinski definition) is 2. The van der Waals surface area contributed by atoms with Gasteiger partial charge in [-0.3, -0.25) is 0 Å². The minimum atomic E-state index is 0.112. The number of nitrogens with zero attached hydrogens (tertiary/aromatic N) is 4. The standard InChI is InChI=1S/C11H15N5O2/c17-4-8-3-16(1-2-18-5-8)11-9-10(13-6-12-9)14-7-15-11/h6-8,17H,1-5H2,(H,12,13,14,15). The van der Waals surface area contributed by atoms with Crippen LogP contribution >= 0.6 is 0 Å². The summed E-state index contributed by atoms with van der Waals surface area (Å²) in [6.45, 7) is 2.82. The van der Waals surface area contributed by atoms with Crippen molar-refractivity contribution in [1.29, 1.82) is 0 Å². The Bertz CT molecular complexity index is 529. The molecule has 0 radical (unpaired) electrons. The molecule has 0 bridgehead atoms. The molecule has 2 N–H and O–H groups in total. The molecule has 3 heterocycles. The van der Waals surface area contributed by atoms with E-state index in [-0.39, 0.29) is 12.5 Å². The molecule has 1 saturated heterocycles. The maximum absolute atomic E-state index is 9.29. The molecule has 7 nitrogen and oxygen atoms in total. The predicted molar refractivity (Wildman–Crippen MR) is 65.3 cm³/mol. The minimum Gasteiger partial charge on any atom is -0.396 e. The van der Waals surface area contributed by atoms with Crippen molar-refractivity contribution in [3.8, 4) is 0 Å². The molecule has 1 aliphatic heterocycles. The molecule has 0 aliphatic carbocycles. The lowest BCUT2D eigenvalue weighted by Crippen LogP contribution is -2.32. The summed E-state index contributed by atoms with van der Waals surface area (Å²) in [6.07, 6.45) is 3.12. The van der Waals surface area contributed by atoms with E-state index in [4.69, 9.17) is 4.74 Å². The van der Waals surface area contributed by atoms with E-state index >= 15 is 0 Å². The summed E-state index contributed by atoms with van der Waals surface area (Å²) < 4.78 is 5.47. The van der Waals surface area contributed by atoms with E-state index in [0.717, 1.165) is 24.4 Å². The van der Waals surface area contributed by atoms with Gasteiger partial charge in [0.15, 0.2) is 11.5 Å². The monoisotopic (exact) mass is 249 g/mol. The molecule has 1 aliphatic rings.